The van der Waals surface area contributed by atoms with Gasteiger partial charge in [-0.15, -0.1) is 24.0 Å². The maximum atomic E-state index is 12.8. The number of carbonyl (C=O) groups is 2. The first-order valence-corrected chi connectivity index (χ1v) is 11.3. The maximum Gasteiger partial charge on any atom is 0.233 e. The van der Waals surface area contributed by atoms with Gasteiger partial charge in [-0.2, -0.15) is 0 Å². The molecule has 2 N–H and O–H groups in total. The molecule has 2 aliphatic carbocycles. The molecule has 1 aromatic carbocycles. The highest BCUT2D eigenvalue weighted by Crippen LogP contribution is 2.52. The molecular weight excluding hydrogens is 535 g/mol. The van der Waals surface area contributed by atoms with Crippen molar-refractivity contribution in [1.82, 2.24) is 15.5 Å². The van der Waals surface area contributed by atoms with E-state index in [1.54, 1.807) is 14.2 Å². The predicted molar refractivity (Wildman–Crippen MR) is 136 cm³/mol. The average Bonchev–Trinajstić information content (AvgIpc) is 3.49. The smallest absolute Gasteiger partial charge is 0.233 e. The van der Waals surface area contributed by atoms with E-state index in [1.807, 2.05) is 24.3 Å². The van der Waals surface area contributed by atoms with Crippen LogP contribution in [0.15, 0.2) is 41.4 Å². The Morgan fingerprint density at radius 2 is 1.85 bits per heavy atom. The van der Waals surface area contributed by atoms with Crippen molar-refractivity contribution < 1.29 is 19.1 Å². The zero-order valence-corrected chi connectivity index (χ0v) is 21.5. The Labute approximate surface area is 212 Å². The fourth-order valence-corrected chi connectivity index (χ4v) is 5.02. The molecule has 1 saturated carbocycles. The van der Waals surface area contributed by atoms with Gasteiger partial charge in [0.1, 0.15) is 5.75 Å². The van der Waals surface area contributed by atoms with Crippen LogP contribution in [0, 0.1) is 23.7 Å². The van der Waals surface area contributed by atoms with Crippen LogP contribution in [0.2, 0.25) is 0 Å². The van der Waals surface area contributed by atoms with Crippen LogP contribution in [0.25, 0.3) is 0 Å². The van der Waals surface area contributed by atoms with Gasteiger partial charge in [-0.25, -0.2) is 0 Å². The average molecular weight is 568 g/mol. The van der Waals surface area contributed by atoms with Gasteiger partial charge in [-0.1, -0.05) is 24.3 Å². The molecule has 2 fully saturated rings. The summed E-state index contributed by atoms with van der Waals surface area (Å²) < 4.78 is 10.8. The highest BCUT2D eigenvalue weighted by molar-refractivity contribution is 14.0. The molecule has 2 amide bonds. The lowest BCUT2D eigenvalue weighted by Gasteiger charge is -2.18. The van der Waals surface area contributed by atoms with Gasteiger partial charge in [0, 0.05) is 46.8 Å². The number of halogens is 1. The van der Waals surface area contributed by atoms with Crippen LogP contribution in [0.4, 0.5) is 0 Å². The number of fused-ring (bicyclic) bond motifs is 5. The van der Waals surface area contributed by atoms with Crippen LogP contribution >= 0.6 is 24.0 Å². The lowest BCUT2D eigenvalue weighted by atomic mass is 9.85. The second-order valence-electron chi connectivity index (χ2n) is 8.52. The van der Waals surface area contributed by atoms with Crippen molar-refractivity contribution in [3.05, 3.63) is 42.0 Å². The molecular formula is C24H33IN4O4. The Kier molecular flexibility index (Phi) is 9.13. The van der Waals surface area contributed by atoms with E-state index in [0.29, 0.717) is 38.8 Å². The lowest BCUT2D eigenvalue weighted by Crippen LogP contribution is -2.43. The topological polar surface area (TPSA) is 92.3 Å². The number of guanidine groups is 1. The number of hydrogen-bond donors (Lipinski definition) is 2. The summed E-state index contributed by atoms with van der Waals surface area (Å²) in [4.78, 5) is 31.2. The minimum atomic E-state index is -0.140. The van der Waals surface area contributed by atoms with Crippen LogP contribution < -0.4 is 15.4 Å². The summed E-state index contributed by atoms with van der Waals surface area (Å²) in [5.41, 5.74) is 1.07. The minimum absolute atomic E-state index is 0. The fourth-order valence-electron chi connectivity index (χ4n) is 5.02. The van der Waals surface area contributed by atoms with E-state index < -0.39 is 0 Å². The first-order valence-electron chi connectivity index (χ1n) is 11.3. The van der Waals surface area contributed by atoms with Gasteiger partial charge < -0.3 is 20.1 Å². The van der Waals surface area contributed by atoms with E-state index in [0.717, 1.165) is 24.2 Å². The van der Waals surface area contributed by atoms with Crippen molar-refractivity contribution in [2.75, 3.05) is 40.5 Å². The summed E-state index contributed by atoms with van der Waals surface area (Å²) >= 11 is 0. The zero-order valence-electron chi connectivity index (χ0n) is 19.2. The molecule has 33 heavy (non-hydrogen) atoms. The number of nitrogens with one attached hydrogen (secondary N) is 2. The first-order chi connectivity index (χ1) is 15.6. The van der Waals surface area contributed by atoms with Crippen molar-refractivity contribution in [2.24, 2.45) is 28.7 Å². The molecule has 0 aromatic heterocycles. The van der Waals surface area contributed by atoms with Gasteiger partial charge in [0.25, 0.3) is 0 Å². The number of likely N-dealkylation sites (tertiary alicyclic amines) is 1. The van der Waals surface area contributed by atoms with Crippen molar-refractivity contribution in [3.8, 4) is 5.75 Å². The molecule has 4 rings (SSSR count). The van der Waals surface area contributed by atoms with Crippen molar-refractivity contribution >= 4 is 41.8 Å². The number of benzene rings is 1. The molecule has 1 heterocycles. The molecule has 3 aliphatic rings. The molecule has 2 bridgehead atoms. The van der Waals surface area contributed by atoms with Crippen LogP contribution in [0.3, 0.4) is 0 Å². The van der Waals surface area contributed by atoms with Crippen molar-refractivity contribution in [1.29, 1.82) is 0 Å². The van der Waals surface area contributed by atoms with E-state index in [9.17, 15) is 9.59 Å². The molecule has 0 spiro atoms. The molecule has 4 unspecified atom stereocenters. The molecule has 1 saturated heterocycles. The van der Waals surface area contributed by atoms with Crippen molar-refractivity contribution in [3.63, 3.8) is 0 Å². The third kappa shape index (κ3) is 5.68. The normalized spacial score (nSPS) is 25.3. The largest absolute Gasteiger partial charge is 0.493 e. The van der Waals surface area contributed by atoms with Gasteiger partial charge in [-0.05, 0) is 36.0 Å². The Morgan fingerprint density at radius 1 is 1.12 bits per heavy atom. The first kappa shape index (κ1) is 25.5. The summed E-state index contributed by atoms with van der Waals surface area (Å²) in [6, 6.07) is 7.91. The number of carbonyl (C=O) groups excluding carboxylic acids is 2. The van der Waals surface area contributed by atoms with Gasteiger partial charge >= 0.3 is 0 Å². The van der Waals surface area contributed by atoms with Crippen LogP contribution in [-0.2, 0) is 20.9 Å². The Hall–Kier alpha value is -2.14. The van der Waals surface area contributed by atoms with Crippen LogP contribution in [-0.4, -0.2) is 63.1 Å². The molecule has 180 valence electrons. The molecule has 1 aromatic rings. The molecule has 4 atom stereocenters. The number of imide groups is 1. The standard InChI is InChI=1S/C24H32N4O4.HI/c1-25-24(27-15-16-5-3-6-19(13-16)32-12-4-11-31-2)26-9-10-28-22(29)20-17-7-8-18(14-17)21(20)23(28)30;/h3,5-8,13,17-18,20-21H,4,9-12,14-15H2,1-2H3,(H2,25,26,27);1H. The van der Waals surface area contributed by atoms with E-state index in [2.05, 4.69) is 27.8 Å². The predicted octanol–water partition coefficient (Wildman–Crippen LogP) is 2.19. The summed E-state index contributed by atoms with van der Waals surface area (Å²) in [5, 5.41) is 6.47. The fraction of sp³-hybridized carbons (Fsp3) is 0.542. The zero-order chi connectivity index (χ0) is 22.5. The minimum Gasteiger partial charge on any atom is -0.493 e. The Morgan fingerprint density at radius 3 is 2.52 bits per heavy atom. The van der Waals surface area contributed by atoms with Gasteiger partial charge in [0.05, 0.1) is 18.4 Å². The second-order valence-corrected chi connectivity index (χ2v) is 8.52. The number of methoxy groups -OCH3 is 1. The van der Waals surface area contributed by atoms with Crippen LogP contribution in [0.5, 0.6) is 5.75 Å². The number of allylic oxidation sites excluding steroid dienone is 2. The molecule has 1 aliphatic heterocycles. The highest BCUT2D eigenvalue weighted by Gasteiger charge is 2.58. The molecule has 8 nitrogen and oxygen atoms in total. The third-order valence-corrected chi connectivity index (χ3v) is 6.53. The molecule has 0 radical (unpaired) electrons. The number of hydrogen-bond acceptors (Lipinski definition) is 5. The number of rotatable bonds is 10. The van der Waals surface area contributed by atoms with E-state index in [-0.39, 0.29) is 59.5 Å². The Balaban J connectivity index is 0.00000306. The van der Waals surface area contributed by atoms with E-state index >= 15 is 0 Å². The summed E-state index contributed by atoms with van der Waals surface area (Å²) in [7, 11) is 3.38. The lowest BCUT2D eigenvalue weighted by molar-refractivity contribution is -0.140. The van der Waals surface area contributed by atoms with Gasteiger partial charge in [0.15, 0.2) is 5.96 Å². The SMILES string of the molecule is CN=C(NCCN1C(=O)C2C3C=CC(C3)C2C1=O)NCc1cccc(OCCCOC)c1.I. The quantitative estimate of drug-likeness (QED) is 0.112. The third-order valence-electron chi connectivity index (χ3n) is 6.53. The highest BCUT2D eigenvalue weighted by atomic mass is 127. The van der Waals surface area contributed by atoms with E-state index in [1.165, 1.54) is 4.90 Å². The monoisotopic (exact) mass is 568 g/mol. The van der Waals surface area contributed by atoms with E-state index in [4.69, 9.17) is 9.47 Å². The number of ether oxygens (including phenoxy) is 2. The molecule has 9 heteroatoms. The second kappa shape index (κ2) is 11.8. The summed E-state index contributed by atoms with van der Waals surface area (Å²) in [5.74, 6) is 1.63. The van der Waals surface area contributed by atoms with Crippen molar-refractivity contribution in [2.45, 2.75) is 19.4 Å². The number of nitrogens with zero attached hydrogens (tertiary/aromatic N) is 2. The maximum absolute atomic E-state index is 12.8. The van der Waals surface area contributed by atoms with Crippen LogP contribution in [0.1, 0.15) is 18.4 Å². The summed E-state index contributed by atoms with van der Waals surface area (Å²) in [6.45, 7) is 2.69. The van der Waals surface area contributed by atoms with Gasteiger partial charge in [-0.3, -0.25) is 19.5 Å². The summed E-state index contributed by atoms with van der Waals surface area (Å²) in [6.07, 6.45) is 6.03. The van der Waals surface area contributed by atoms with Gasteiger partial charge in [0.2, 0.25) is 11.8 Å². The number of amides is 2. The Bertz CT molecular complexity index is 876. The number of aliphatic imine (C=N–C) groups is 1.